The molecule has 1 amide bonds. The van der Waals surface area contributed by atoms with Crippen LogP contribution in [0.3, 0.4) is 0 Å². The third kappa shape index (κ3) is 3.20. The molecular formula is C16H25N7O2. The molecule has 1 aromatic rings. The number of carbonyl (C=O) groups excluding carboxylic acids is 1. The topological polar surface area (TPSA) is 112 Å². The monoisotopic (exact) mass is 347 g/mol. The van der Waals surface area contributed by atoms with Crippen LogP contribution in [0.15, 0.2) is 0 Å². The van der Waals surface area contributed by atoms with Crippen molar-refractivity contribution < 1.29 is 9.90 Å². The van der Waals surface area contributed by atoms with Gasteiger partial charge in [-0.25, -0.2) is 0 Å². The molecule has 0 aliphatic carbocycles. The van der Waals surface area contributed by atoms with Gasteiger partial charge in [-0.3, -0.25) is 4.79 Å². The number of primary amides is 1. The van der Waals surface area contributed by atoms with Crippen molar-refractivity contribution in [1.82, 2.24) is 15.0 Å². The number of rotatable bonds is 4. The highest BCUT2D eigenvalue weighted by atomic mass is 16.3. The molecule has 2 atom stereocenters. The number of amides is 1. The van der Waals surface area contributed by atoms with Crippen molar-refractivity contribution >= 4 is 23.8 Å². The number of nitrogens with two attached hydrogens (primary N) is 1. The lowest BCUT2D eigenvalue weighted by Gasteiger charge is -2.26. The molecule has 3 N–H and O–H groups in total. The zero-order valence-corrected chi connectivity index (χ0v) is 14.3. The van der Waals surface area contributed by atoms with Gasteiger partial charge in [0, 0.05) is 39.1 Å². The Morgan fingerprint density at radius 1 is 0.920 bits per heavy atom. The van der Waals surface area contributed by atoms with E-state index in [0.717, 1.165) is 51.9 Å². The summed E-state index contributed by atoms with van der Waals surface area (Å²) >= 11 is 0. The molecule has 0 radical (unpaired) electrons. The van der Waals surface area contributed by atoms with Gasteiger partial charge in [-0.1, -0.05) is 0 Å². The number of aliphatic hydroxyl groups is 1. The molecule has 25 heavy (non-hydrogen) atoms. The number of hydrogen-bond acceptors (Lipinski definition) is 8. The Labute approximate surface area is 146 Å². The van der Waals surface area contributed by atoms with Crippen molar-refractivity contribution in [2.75, 3.05) is 47.4 Å². The van der Waals surface area contributed by atoms with Crippen LogP contribution in [0.25, 0.3) is 0 Å². The zero-order chi connectivity index (χ0) is 17.4. The van der Waals surface area contributed by atoms with Gasteiger partial charge in [0.05, 0.1) is 6.10 Å². The molecule has 0 unspecified atom stereocenters. The third-order valence-electron chi connectivity index (χ3n) is 5.24. The van der Waals surface area contributed by atoms with E-state index in [2.05, 4.69) is 24.8 Å². The molecular weight excluding hydrogens is 322 g/mol. The predicted molar refractivity (Wildman–Crippen MR) is 93.7 cm³/mol. The lowest BCUT2D eigenvalue weighted by atomic mass is 10.2. The molecule has 9 nitrogen and oxygen atoms in total. The summed E-state index contributed by atoms with van der Waals surface area (Å²) < 4.78 is 0. The number of carbonyl (C=O) groups is 1. The molecule has 9 heteroatoms. The quantitative estimate of drug-likeness (QED) is 0.749. The molecule has 136 valence electrons. The average molecular weight is 347 g/mol. The minimum Gasteiger partial charge on any atom is -0.391 e. The molecule has 4 heterocycles. The van der Waals surface area contributed by atoms with Crippen molar-refractivity contribution in [3.8, 4) is 0 Å². The summed E-state index contributed by atoms with van der Waals surface area (Å²) in [5.41, 5.74) is 5.52. The van der Waals surface area contributed by atoms with Crippen LogP contribution in [0.5, 0.6) is 0 Å². The number of β-amino-alcohol motifs (C(OH)–C–C–N with tert-alkyl or cyclic N) is 1. The van der Waals surface area contributed by atoms with Crippen LogP contribution in [0.4, 0.5) is 17.8 Å². The second-order valence-corrected chi connectivity index (χ2v) is 7.08. The van der Waals surface area contributed by atoms with Crippen molar-refractivity contribution in [2.24, 2.45) is 5.73 Å². The molecule has 0 saturated carbocycles. The molecule has 0 aromatic carbocycles. The van der Waals surface area contributed by atoms with E-state index in [1.165, 1.54) is 0 Å². The van der Waals surface area contributed by atoms with E-state index in [0.29, 0.717) is 30.8 Å². The summed E-state index contributed by atoms with van der Waals surface area (Å²) in [5, 5.41) is 10.0. The van der Waals surface area contributed by atoms with Crippen molar-refractivity contribution in [1.29, 1.82) is 0 Å². The van der Waals surface area contributed by atoms with Gasteiger partial charge in [-0.15, -0.1) is 0 Å². The van der Waals surface area contributed by atoms with Crippen LogP contribution in [0.2, 0.25) is 0 Å². The lowest BCUT2D eigenvalue weighted by Crippen LogP contribution is -2.41. The second kappa shape index (κ2) is 6.62. The van der Waals surface area contributed by atoms with Gasteiger partial charge < -0.3 is 25.5 Å². The summed E-state index contributed by atoms with van der Waals surface area (Å²) in [6.07, 6.45) is 4.25. The highest BCUT2D eigenvalue weighted by Gasteiger charge is 2.37. The van der Waals surface area contributed by atoms with Crippen molar-refractivity contribution in [3.63, 3.8) is 0 Å². The number of anilines is 3. The Morgan fingerprint density at radius 2 is 1.40 bits per heavy atom. The van der Waals surface area contributed by atoms with E-state index in [9.17, 15) is 9.90 Å². The van der Waals surface area contributed by atoms with Crippen LogP contribution >= 0.6 is 0 Å². The highest BCUT2D eigenvalue weighted by molar-refractivity contribution is 5.84. The molecule has 0 spiro atoms. The van der Waals surface area contributed by atoms with E-state index < -0.39 is 18.1 Å². The van der Waals surface area contributed by atoms with Crippen molar-refractivity contribution in [3.05, 3.63) is 0 Å². The Morgan fingerprint density at radius 3 is 1.88 bits per heavy atom. The standard InChI is InChI=1S/C16H25N7O2/c17-13(25)12-9-11(24)10-23(12)16-19-14(21-5-1-2-6-21)18-15(20-16)22-7-3-4-8-22/h11-12,24H,1-10H2,(H2,17,25)/t11-,12+/m0/s1. The molecule has 4 rings (SSSR count). The fourth-order valence-electron chi connectivity index (χ4n) is 3.89. The lowest BCUT2D eigenvalue weighted by molar-refractivity contribution is -0.119. The Balaban J connectivity index is 1.71. The maximum absolute atomic E-state index is 11.8. The fourth-order valence-corrected chi connectivity index (χ4v) is 3.89. The third-order valence-corrected chi connectivity index (χ3v) is 5.24. The van der Waals surface area contributed by atoms with Crippen LogP contribution in [-0.4, -0.2) is 70.8 Å². The van der Waals surface area contributed by atoms with E-state index >= 15 is 0 Å². The fraction of sp³-hybridized carbons (Fsp3) is 0.750. The smallest absolute Gasteiger partial charge is 0.240 e. The number of hydrogen-bond donors (Lipinski definition) is 2. The first kappa shape index (κ1) is 16.3. The predicted octanol–water partition coefficient (Wildman–Crippen LogP) is -0.503. The van der Waals surface area contributed by atoms with Gasteiger partial charge in [0.1, 0.15) is 6.04 Å². The Bertz CT molecular complexity index is 609. The van der Waals surface area contributed by atoms with E-state index in [1.807, 2.05) is 0 Å². The molecule has 3 saturated heterocycles. The van der Waals surface area contributed by atoms with Gasteiger partial charge >= 0.3 is 0 Å². The van der Waals surface area contributed by atoms with Crippen LogP contribution < -0.4 is 20.4 Å². The van der Waals surface area contributed by atoms with Gasteiger partial charge in [-0.2, -0.15) is 15.0 Å². The van der Waals surface area contributed by atoms with Gasteiger partial charge in [0.25, 0.3) is 0 Å². The first-order valence-electron chi connectivity index (χ1n) is 9.12. The highest BCUT2D eigenvalue weighted by Crippen LogP contribution is 2.28. The summed E-state index contributed by atoms with van der Waals surface area (Å²) in [4.78, 5) is 31.8. The largest absolute Gasteiger partial charge is 0.391 e. The van der Waals surface area contributed by atoms with Gasteiger partial charge in [0.2, 0.25) is 23.8 Å². The van der Waals surface area contributed by atoms with E-state index in [-0.39, 0.29) is 0 Å². The van der Waals surface area contributed by atoms with Crippen LogP contribution in [0, 0.1) is 0 Å². The number of aromatic nitrogens is 3. The minimum atomic E-state index is -0.597. The van der Waals surface area contributed by atoms with Crippen molar-refractivity contribution in [2.45, 2.75) is 44.2 Å². The molecule has 0 bridgehead atoms. The number of aliphatic hydroxyl groups excluding tert-OH is 1. The van der Waals surface area contributed by atoms with Gasteiger partial charge in [-0.05, 0) is 25.7 Å². The van der Waals surface area contributed by atoms with E-state index in [4.69, 9.17) is 5.73 Å². The summed E-state index contributed by atoms with van der Waals surface area (Å²) in [6, 6.07) is -0.574. The first-order valence-corrected chi connectivity index (χ1v) is 9.12. The summed E-state index contributed by atoms with van der Waals surface area (Å²) in [5.74, 6) is 1.31. The average Bonchev–Trinajstić information content (AvgIpc) is 3.35. The summed E-state index contributed by atoms with van der Waals surface area (Å²) in [7, 11) is 0. The zero-order valence-electron chi connectivity index (χ0n) is 14.3. The Hall–Kier alpha value is -2.16. The maximum atomic E-state index is 11.8. The number of nitrogens with zero attached hydrogens (tertiary/aromatic N) is 6. The maximum Gasteiger partial charge on any atom is 0.240 e. The molecule has 3 fully saturated rings. The van der Waals surface area contributed by atoms with Crippen LogP contribution in [-0.2, 0) is 4.79 Å². The van der Waals surface area contributed by atoms with Crippen LogP contribution in [0.1, 0.15) is 32.1 Å². The molecule has 1 aromatic heterocycles. The molecule has 3 aliphatic heterocycles. The SMILES string of the molecule is NC(=O)[C@H]1C[C@H](O)CN1c1nc(N2CCCC2)nc(N2CCCC2)n1. The van der Waals surface area contributed by atoms with Gasteiger partial charge in [0.15, 0.2) is 0 Å². The summed E-state index contributed by atoms with van der Waals surface area (Å²) in [6.45, 7) is 4.06. The second-order valence-electron chi connectivity index (χ2n) is 7.08. The Kier molecular flexibility index (Phi) is 4.32. The normalized spacial score (nSPS) is 26.7. The minimum absolute atomic E-state index is 0.316. The molecule has 3 aliphatic rings. The first-order chi connectivity index (χ1) is 12.1. The van der Waals surface area contributed by atoms with E-state index in [1.54, 1.807) is 4.90 Å².